The summed E-state index contributed by atoms with van der Waals surface area (Å²) in [5.74, 6) is 9.72. The Morgan fingerprint density at radius 1 is 1.17 bits per heavy atom. The summed E-state index contributed by atoms with van der Waals surface area (Å²) in [6, 6.07) is 4.20. The molecule has 3 aliphatic carbocycles. The van der Waals surface area contributed by atoms with Crippen molar-refractivity contribution in [1.29, 1.82) is 0 Å². The Bertz CT molecular complexity index is 692. The number of hydrogen-bond donors (Lipinski definition) is 1. The van der Waals surface area contributed by atoms with E-state index < -0.39 is 0 Å². The lowest BCUT2D eigenvalue weighted by Crippen LogP contribution is -2.41. The van der Waals surface area contributed by atoms with E-state index in [9.17, 15) is 5.11 Å². The van der Waals surface area contributed by atoms with E-state index in [1.165, 1.54) is 43.2 Å². The average Bonchev–Trinajstić information content (AvgIpc) is 2.84. The number of benzene rings is 1. The Morgan fingerprint density at radius 2 is 2.00 bits per heavy atom. The normalized spacial score (nSPS) is 38.0. The number of rotatable bonds is 0. The first kappa shape index (κ1) is 15.1. The van der Waals surface area contributed by atoms with Gasteiger partial charge in [0.25, 0.3) is 0 Å². The second-order valence-electron chi connectivity index (χ2n) is 8.38. The van der Waals surface area contributed by atoms with Crippen LogP contribution in [0.1, 0.15) is 75.5 Å². The van der Waals surface area contributed by atoms with Gasteiger partial charge in [0.1, 0.15) is 5.75 Å². The van der Waals surface area contributed by atoms with Crippen LogP contribution in [0.5, 0.6) is 5.75 Å². The molecule has 0 aromatic heterocycles. The minimum atomic E-state index is 0.367. The van der Waals surface area contributed by atoms with Gasteiger partial charge in [0.05, 0.1) is 5.56 Å². The fourth-order valence-corrected chi connectivity index (χ4v) is 6.11. The van der Waals surface area contributed by atoms with E-state index in [4.69, 9.17) is 0 Å². The zero-order valence-electron chi connectivity index (χ0n) is 14.7. The maximum atomic E-state index is 10.2. The van der Waals surface area contributed by atoms with Crippen LogP contribution < -0.4 is 0 Å². The standard InChI is InChI=1S/C22H28O/c1-4-5-16-12-19-15(13-21(16)23)7-8-18-17(19)10-11-22(3)14(2)6-9-20(18)22/h12-14,17-18,20,23H,6-11H2,1-3H3/t14-,17-,18+,20-,22+/m0/s1. The number of aromatic hydroxyl groups is 1. The van der Waals surface area contributed by atoms with E-state index in [1.54, 1.807) is 0 Å². The molecule has 0 amide bonds. The Balaban J connectivity index is 1.74. The zero-order chi connectivity index (χ0) is 16.2. The Labute approximate surface area is 140 Å². The molecule has 0 spiro atoms. The highest BCUT2D eigenvalue weighted by Crippen LogP contribution is 2.62. The van der Waals surface area contributed by atoms with Gasteiger partial charge < -0.3 is 5.11 Å². The molecule has 0 bridgehead atoms. The molecule has 0 aliphatic heterocycles. The van der Waals surface area contributed by atoms with Crippen LogP contribution in [-0.2, 0) is 6.42 Å². The van der Waals surface area contributed by atoms with E-state index in [0.717, 1.165) is 29.7 Å². The lowest BCUT2D eigenvalue weighted by atomic mass is 9.54. The highest BCUT2D eigenvalue weighted by atomic mass is 16.3. The van der Waals surface area contributed by atoms with Gasteiger partial charge in [0.15, 0.2) is 0 Å². The van der Waals surface area contributed by atoms with Gasteiger partial charge in [-0.15, -0.1) is 5.92 Å². The van der Waals surface area contributed by atoms with Gasteiger partial charge in [0, 0.05) is 0 Å². The molecule has 4 rings (SSSR count). The summed E-state index contributed by atoms with van der Waals surface area (Å²) < 4.78 is 0. The summed E-state index contributed by atoms with van der Waals surface area (Å²) in [7, 11) is 0. The second-order valence-corrected chi connectivity index (χ2v) is 8.38. The summed E-state index contributed by atoms with van der Waals surface area (Å²) in [5.41, 5.74) is 4.26. The molecule has 1 aromatic carbocycles. The summed E-state index contributed by atoms with van der Waals surface area (Å²) >= 11 is 0. The summed E-state index contributed by atoms with van der Waals surface area (Å²) in [4.78, 5) is 0. The molecule has 0 radical (unpaired) electrons. The van der Waals surface area contributed by atoms with Crippen LogP contribution in [0.2, 0.25) is 0 Å². The van der Waals surface area contributed by atoms with Crippen molar-refractivity contribution in [2.45, 2.75) is 65.2 Å². The Kier molecular flexibility index (Phi) is 3.49. The van der Waals surface area contributed by atoms with Gasteiger partial charge in [-0.05, 0) is 97.8 Å². The maximum Gasteiger partial charge on any atom is 0.131 e. The molecule has 3 aliphatic rings. The molecule has 0 saturated heterocycles. The monoisotopic (exact) mass is 308 g/mol. The third kappa shape index (κ3) is 2.14. The fourth-order valence-electron chi connectivity index (χ4n) is 6.11. The lowest BCUT2D eigenvalue weighted by Gasteiger charge is -2.50. The molecule has 1 N–H and O–H groups in total. The predicted octanol–water partition coefficient (Wildman–Crippen LogP) is 5.26. The van der Waals surface area contributed by atoms with Gasteiger partial charge in [-0.3, -0.25) is 0 Å². The smallest absolute Gasteiger partial charge is 0.131 e. The molecule has 1 nitrogen and oxygen atoms in total. The molecule has 23 heavy (non-hydrogen) atoms. The molecule has 2 saturated carbocycles. The van der Waals surface area contributed by atoms with Crippen LogP contribution in [-0.4, -0.2) is 5.11 Å². The van der Waals surface area contributed by atoms with Gasteiger partial charge in [-0.25, -0.2) is 0 Å². The van der Waals surface area contributed by atoms with Crippen LogP contribution in [0.4, 0.5) is 0 Å². The van der Waals surface area contributed by atoms with Crippen molar-refractivity contribution in [1.82, 2.24) is 0 Å². The van der Waals surface area contributed by atoms with Crippen LogP contribution in [0, 0.1) is 35.0 Å². The Morgan fingerprint density at radius 3 is 2.78 bits per heavy atom. The minimum absolute atomic E-state index is 0.367. The maximum absolute atomic E-state index is 10.2. The van der Waals surface area contributed by atoms with Crippen LogP contribution in [0.15, 0.2) is 12.1 Å². The third-order valence-electron chi connectivity index (χ3n) is 7.57. The zero-order valence-corrected chi connectivity index (χ0v) is 14.7. The first-order chi connectivity index (χ1) is 11.0. The van der Waals surface area contributed by atoms with Gasteiger partial charge in [0.2, 0.25) is 0 Å². The molecule has 122 valence electrons. The van der Waals surface area contributed by atoms with E-state index in [0.29, 0.717) is 17.1 Å². The van der Waals surface area contributed by atoms with Crippen LogP contribution >= 0.6 is 0 Å². The molecule has 5 atom stereocenters. The van der Waals surface area contributed by atoms with E-state index in [-0.39, 0.29) is 0 Å². The first-order valence-electron chi connectivity index (χ1n) is 9.33. The number of fused-ring (bicyclic) bond motifs is 5. The van der Waals surface area contributed by atoms with Crippen molar-refractivity contribution in [3.05, 3.63) is 28.8 Å². The average molecular weight is 308 g/mol. The number of aryl methyl sites for hydroxylation is 1. The fraction of sp³-hybridized carbons (Fsp3) is 0.636. The van der Waals surface area contributed by atoms with Gasteiger partial charge >= 0.3 is 0 Å². The van der Waals surface area contributed by atoms with Crippen molar-refractivity contribution in [2.75, 3.05) is 0 Å². The molecule has 0 unspecified atom stereocenters. The largest absolute Gasteiger partial charge is 0.507 e. The molecule has 0 heterocycles. The summed E-state index contributed by atoms with van der Waals surface area (Å²) in [6.45, 7) is 6.88. The van der Waals surface area contributed by atoms with Crippen molar-refractivity contribution in [3.63, 3.8) is 0 Å². The van der Waals surface area contributed by atoms with Gasteiger partial charge in [-0.1, -0.05) is 19.8 Å². The quantitative estimate of drug-likeness (QED) is 0.648. The number of phenols is 1. The van der Waals surface area contributed by atoms with Gasteiger partial charge in [-0.2, -0.15) is 0 Å². The van der Waals surface area contributed by atoms with E-state index in [2.05, 4.69) is 31.8 Å². The Hall–Kier alpha value is -1.42. The highest BCUT2D eigenvalue weighted by Gasteiger charge is 2.53. The summed E-state index contributed by atoms with van der Waals surface area (Å²) in [5, 5.41) is 10.2. The van der Waals surface area contributed by atoms with Crippen molar-refractivity contribution in [2.24, 2.45) is 23.2 Å². The van der Waals surface area contributed by atoms with Crippen molar-refractivity contribution < 1.29 is 5.11 Å². The molecular weight excluding hydrogens is 280 g/mol. The van der Waals surface area contributed by atoms with Crippen LogP contribution in [0.25, 0.3) is 0 Å². The third-order valence-corrected chi connectivity index (χ3v) is 7.57. The first-order valence-corrected chi connectivity index (χ1v) is 9.33. The number of phenolic OH excluding ortho intramolecular Hbond substituents is 1. The second kappa shape index (κ2) is 5.30. The molecule has 2 fully saturated rings. The van der Waals surface area contributed by atoms with E-state index >= 15 is 0 Å². The highest BCUT2D eigenvalue weighted by molar-refractivity contribution is 5.52. The van der Waals surface area contributed by atoms with E-state index in [1.807, 2.05) is 13.0 Å². The predicted molar refractivity (Wildman–Crippen MR) is 94.4 cm³/mol. The number of hydrogen-bond acceptors (Lipinski definition) is 1. The molecule has 1 aromatic rings. The van der Waals surface area contributed by atoms with Crippen molar-refractivity contribution in [3.8, 4) is 17.6 Å². The van der Waals surface area contributed by atoms with Crippen molar-refractivity contribution >= 4 is 0 Å². The van der Waals surface area contributed by atoms with Crippen LogP contribution in [0.3, 0.4) is 0 Å². The SMILES string of the molecule is CC#Cc1cc2c(cc1O)CC[C@@H]1[C@@H]2CC[C@]2(C)[C@@H](C)CC[C@@H]12. The summed E-state index contributed by atoms with van der Waals surface area (Å²) in [6.07, 6.45) is 7.97. The minimum Gasteiger partial charge on any atom is -0.507 e. The topological polar surface area (TPSA) is 20.2 Å². The molecule has 1 heteroatoms. The molecular formula is C22H28O. The lowest BCUT2D eigenvalue weighted by molar-refractivity contribution is 0.0336.